The van der Waals surface area contributed by atoms with E-state index in [1.54, 1.807) is 0 Å². The van der Waals surface area contributed by atoms with E-state index in [1.807, 2.05) is 0 Å². The van der Waals surface area contributed by atoms with E-state index >= 15 is 0 Å². The third-order valence-corrected chi connectivity index (χ3v) is 1.79. The monoisotopic (exact) mass is 144 g/mol. The lowest BCUT2D eigenvalue weighted by Gasteiger charge is -2.23. The average molecular weight is 144 g/mol. The summed E-state index contributed by atoms with van der Waals surface area (Å²) in [5.74, 6) is 0. The highest BCUT2D eigenvalue weighted by molar-refractivity contribution is 4.81. The summed E-state index contributed by atoms with van der Waals surface area (Å²) in [6.07, 6.45) is 0. The maximum Gasteiger partial charge on any atom is 0.0331 e. The van der Waals surface area contributed by atoms with Gasteiger partial charge < -0.3 is 22.1 Å². The van der Waals surface area contributed by atoms with E-state index in [2.05, 4.69) is 10.6 Å². The summed E-state index contributed by atoms with van der Waals surface area (Å²) in [5, 5.41) is 6.40. The first-order valence-corrected chi connectivity index (χ1v) is 3.73. The van der Waals surface area contributed by atoms with Crippen LogP contribution in [0.5, 0.6) is 0 Å². The molecule has 1 heterocycles. The van der Waals surface area contributed by atoms with E-state index in [0.717, 1.165) is 26.2 Å². The number of nitrogens with one attached hydrogen (secondary N) is 2. The van der Waals surface area contributed by atoms with Crippen LogP contribution in [0.15, 0.2) is 0 Å². The van der Waals surface area contributed by atoms with E-state index in [9.17, 15) is 0 Å². The molecule has 1 fully saturated rings. The Morgan fingerprint density at radius 1 is 0.900 bits per heavy atom. The average Bonchev–Trinajstić information content (AvgIpc) is 1.92. The molecule has 0 radical (unpaired) electrons. The van der Waals surface area contributed by atoms with Crippen LogP contribution in [0.4, 0.5) is 0 Å². The van der Waals surface area contributed by atoms with Crippen LogP contribution >= 0.6 is 0 Å². The van der Waals surface area contributed by atoms with Crippen LogP contribution < -0.4 is 22.1 Å². The Morgan fingerprint density at radius 2 is 1.30 bits per heavy atom. The SMILES string of the molecule is N[C@H]1CNCCNC[C@@H]1N. The quantitative estimate of drug-likeness (QED) is 0.312. The van der Waals surface area contributed by atoms with Crippen molar-refractivity contribution in [2.75, 3.05) is 26.2 Å². The second kappa shape index (κ2) is 3.88. The van der Waals surface area contributed by atoms with E-state index in [4.69, 9.17) is 11.5 Å². The lowest BCUT2D eigenvalue weighted by Crippen LogP contribution is -2.55. The van der Waals surface area contributed by atoms with Crippen LogP contribution in [-0.2, 0) is 0 Å². The van der Waals surface area contributed by atoms with Crippen LogP contribution in [0.25, 0.3) is 0 Å². The second-order valence-corrected chi connectivity index (χ2v) is 2.74. The predicted octanol–water partition coefficient (Wildman–Crippen LogP) is -2.17. The zero-order valence-electron chi connectivity index (χ0n) is 6.14. The van der Waals surface area contributed by atoms with Crippen LogP contribution in [0.2, 0.25) is 0 Å². The van der Waals surface area contributed by atoms with Crippen LogP contribution in [0.3, 0.4) is 0 Å². The lowest BCUT2D eigenvalue weighted by molar-refractivity contribution is 0.428. The molecule has 0 spiro atoms. The van der Waals surface area contributed by atoms with Gasteiger partial charge in [-0.3, -0.25) is 0 Å². The highest BCUT2D eigenvalue weighted by atomic mass is 15.0. The van der Waals surface area contributed by atoms with Crippen LogP contribution in [0.1, 0.15) is 0 Å². The minimum Gasteiger partial charge on any atom is -0.325 e. The van der Waals surface area contributed by atoms with Gasteiger partial charge in [0, 0.05) is 38.3 Å². The normalized spacial score (nSPS) is 36.6. The molecule has 0 aromatic carbocycles. The first-order valence-electron chi connectivity index (χ1n) is 3.73. The standard InChI is InChI=1S/C6H16N4/c7-5-3-9-1-2-10-4-6(5)8/h5-6,9-10H,1-4,7-8H2/t5-,6-/m0/s1. The second-order valence-electron chi connectivity index (χ2n) is 2.74. The summed E-state index contributed by atoms with van der Waals surface area (Å²) < 4.78 is 0. The molecule has 60 valence electrons. The van der Waals surface area contributed by atoms with Gasteiger partial charge in [0.05, 0.1) is 0 Å². The van der Waals surface area contributed by atoms with Gasteiger partial charge in [0.15, 0.2) is 0 Å². The fourth-order valence-electron chi connectivity index (χ4n) is 1.02. The number of hydrogen-bond donors (Lipinski definition) is 4. The first-order chi connectivity index (χ1) is 4.80. The Morgan fingerprint density at radius 3 is 1.70 bits per heavy atom. The van der Waals surface area contributed by atoms with Crippen molar-refractivity contribution in [1.82, 2.24) is 10.6 Å². The number of rotatable bonds is 0. The van der Waals surface area contributed by atoms with Crippen molar-refractivity contribution >= 4 is 0 Å². The van der Waals surface area contributed by atoms with E-state index in [0.29, 0.717) is 0 Å². The van der Waals surface area contributed by atoms with Crippen molar-refractivity contribution in [3.63, 3.8) is 0 Å². The molecule has 4 heteroatoms. The first kappa shape index (κ1) is 7.94. The minimum atomic E-state index is 0.0906. The zero-order chi connectivity index (χ0) is 7.40. The van der Waals surface area contributed by atoms with E-state index < -0.39 is 0 Å². The van der Waals surface area contributed by atoms with Gasteiger partial charge in [0.2, 0.25) is 0 Å². The summed E-state index contributed by atoms with van der Waals surface area (Å²) in [5.41, 5.74) is 11.4. The highest BCUT2D eigenvalue weighted by Crippen LogP contribution is 1.85. The number of hydrogen-bond acceptors (Lipinski definition) is 4. The van der Waals surface area contributed by atoms with Gasteiger partial charge in [-0.25, -0.2) is 0 Å². The summed E-state index contributed by atoms with van der Waals surface area (Å²) in [7, 11) is 0. The molecule has 0 aliphatic carbocycles. The molecule has 6 N–H and O–H groups in total. The summed E-state index contributed by atoms with van der Waals surface area (Å²) >= 11 is 0. The van der Waals surface area contributed by atoms with Gasteiger partial charge in [-0.15, -0.1) is 0 Å². The number of nitrogens with two attached hydrogens (primary N) is 2. The summed E-state index contributed by atoms with van der Waals surface area (Å²) in [6.45, 7) is 3.65. The molecule has 1 saturated heterocycles. The fraction of sp³-hybridized carbons (Fsp3) is 1.00. The third-order valence-electron chi connectivity index (χ3n) is 1.79. The van der Waals surface area contributed by atoms with Gasteiger partial charge in [-0.05, 0) is 0 Å². The molecule has 0 amide bonds. The lowest BCUT2D eigenvalue weighted by atomic mass is 10.1. The molecule has 2 atom stereocenters. The zero-order valence-corrected chi connectivity index (χ0v) is 6.14. The maximum absolute atomic E-state index is 5.72. The van der Waals surface area contributed by atoms with Crippen molar-refractivity contribution < 1.29 is 0 Å². The Bertz CT molecular complexity index is 83.7. The molecule has 0 aromatic heterocycles. The van der Waals surface area contributed by atoms with Crippen LogP contribution in [0, 0.1) is 0 Å². The largest absolute Gasteiger partial charge is 0.325 e. The van der Waals surface area contributed by atoms with Gasteiger partial charge in [0.25, 0.3) is 0 Å². The maximum atomic E-state index is 5.72. The third kappa shape index (κ3) is 2.22. The van der Waals surface area contributed by atoms with Crippen molar-refractivity contribution in [2.24, 2.45) is 11.5 Å². The molecular weight excluding hydrogens is 128 g/mol. The summed E-state index contributed by atoms with van der Waals surface area (Å²) in [6, 6.07) is 0.181. The van der Waals surface area contributed by atoms with Crippen molar-refractivity contribution in [1.29, 1.82) is 0 Å². The van der Waals surface area contributed by atoms with Crippen molar-refractivity contribution in [2.45, 2.75) is 12.1 Å². The molecule has 0 bridgehead atoms. The molecule has 1 aliphatic heterocycles. The topological polar surface area (TPSA) is 76.1 Å². The van der Waals surface area contributed by atoms with Crippen molar-refractivity contribution in [3.05, 3.63) is 0 Å². The Hall–Kier alpha value is -0.160. The molecule has 0 saturated carbocycles. The van der Waals surface area contributed by atoms with Gasteiger partial charge >= 0.3 is 0 Å². The molecular formula is C6H16N4. The fourth-order valence-corrected chi connectivity index (χ4v) is 1.02. The summed E-state index contributed by atoms with van der Waals surface area (Å²) in [4.78, 5) is 0. The van der Waals surface area contributed by atoms with E-state index in [1.165, 1.54) is 0 Å². The Balaban J connectivity index is 2.28. The Kier molecular flexibility index (Phi) is 3.08. The van der Waals surface area contributed by atoms with Crippen LogP contribution in [-0.4, -0.2) is 38.3 Å². The molecule has 1 aliphatic rings. The Labute approximate surface area is 61.3 Å². The molecule has 4 nitrogen and oxygen atoms in total. The van der Waals surface area contributed by atoms with Gasteiger partial charge in [0.1, 0.15) is 0 Å². The van der Waals surface area contributed by atoms with E-state index in [-0.39, 0.29) is 12.1 Å². The smallest absolute Gasteiger partial charge is 0.0331 e. The highest BCUT2D eigenvalue weighted by Gasteiger charge is 2.13. The van der Waals surface area contributed by atoms with Gasteiger partial charge in [-0.1, -0.05) is 0 Å². The van der Waals surface area contributed by atoms with Crippen molar-refractivity contribution in [3.8, 4) is 0 Å². The molecule has 0 unspecified atom stereocenters. The minimum absolute atomic E-state index is 0.0906. The van der Waals surface area contributed by atoms with Gasteiger partial charge in [-0.2, -0.15) is 0 Å². The molecule has 1 rings (SSSR count). The molecule has 0 aromatic rings. The molecule has 10 heavy (non-hydrogen) atoms. The predicted molar refractivity (Wildman–Crippen MR) is 41.7 cm³/mol.